The van der Waals surface area contributed by atoms with Gasteiger partial charge in [0.25, 0.3) is 5.69 Å². The third-order valence-electron chi connectivity index (χ3n) is 4.97. The fourth-order valence-corrected chi connectivity index (χ4v) is 4.41. The second-order valence-corrected chi connectivity index (χ2v) is 8.09. The number of nitrogens with zero attached hydrogens (tertiary/aromatic N) is 2. The van der Waals surface area contributed by atoms with E-state index in [4.69, 9.17) is 4.74 Å². The van der Waals surface area contributed by atoms with Crippen LogP contribution in [0.5, 0.6) is 5.75 Å². The van der Waals surface area contributed by atoms with Crippen LogP contribution in [0.3, 0.4) is 0 Å². The monoisotopic (exact) mass is 422 g/mol. The number of hydrogen-bond acceptors (Lipinski definition) is 5. The molecule has 0 amide bonds. The summed E-state index contributed by atoms with van der Waals surface area (Å²) in [4.78, 5) is 11.8. The molecule has 30 heavy (non-hydrogen) atoms. The highest BCUT2D eigenvalue weighted by Crippen LogP contribution is 2.37. The van der Waals surface area contributed by atoms with Gasteiger partial charge in [0.05, 0.1) is 12.0 Å². The molecule has 0 N–H and O–H groups in total. The number of rotatable bonds is 10. The van der Waals surface area contributed by atoms with E-state index in [1.807, 2.05) is 48.5 Å². The zero-order valence-corrected chi connectivity index (χ0v) is 18.0. The Morgan fingerprint density at radius 2 is 1.77 bits per heavy atom. The molecule has 0 bridgehead atoms. The van der Waals surface area contributed by atoms with Gasteiger partial charge in [0, 0.05) is 18.7 Å². The smallest absolute Gasteiger partial charge is 0.284 e. The van der Waals surface area contributed by atoms with Crippen molar-refractivity contribution in [2.45, 2.75) is 30.7 Å². The van der Waals surface area contributed by atoms with E-state index < -0.39 is 0 Å². The average Bonchev–Trinajstić information content (AvgIpc) is 2.79. The lowest BCUT2D eigenvalue weighted by Gasteiger charge is -2.28. The molecule has 1 atom stereocenters. The van der Waals surface area contributed by atoms with Gasteiger partial charge >= 0.3 is 0 Å². The molecule has 0 aliphatic rings. The van der Waals surface area contributed by atoms with Crippen LogP contribution >= 0.6 is 11.9 Å². The van der Waals surface area contributed by atoms with Crippen LogP contribution in [0, 0.1) is 10.1 Å². The highest BCUT2D eigenvalue weighted by atomic mass is 32.2. The average molecular weight is 423 g/mol. The van der Waals surface area contributed by atoms with E-state index in [0.29, 0.717) is 4.90 Å². The lowest BCUT2D eigenvalue weighted by atomic mass is 10.1. The first-order valence-electron chi connectivity index (χ1n) is 9.94. The lowest BCUT2D eigenvalue weighted by Crippen LogP contribution is -2.22. The van der Waals surface area contributed by atoms with Crippen molar-refractivity contribution in [3.05, 3.63) is 100 Å². The van der Waals surface area contributed by atoms with Crippen LogP contribution in [0.25, 0.3) is 0 Å². The molecular weight excluding hydrogens is 396 g/mol. The van der Waals surface area contributed by atoms with E-state index in [9.17, 15) is 10.1 Å². The van der Waals surface area contributed by atoms with Gasteiger partial charge in [0.2, 0.25) is 0 Å². The summed E-state index contributed by atoms with van der Waals surface area (Å²) < 4.78 is 7.60. The van der Waals surface area contributed by atoms with Gasteiger partial charge in [-0.1, -0.05) is 54.6 Å². The maximum Gasteiger partial charge on any atom is 0.284 e. The summed E-state index contributed by atoms with van der Waals surface area (Å²) >= 11 is 1.45. The fourth-order valence-electron chi connectivity index (χ4n) is 3.28. The number of aryl methyl sites for hydroxylation is 1. The molecule has 0 saturated heterocycles. The summed E-state index contributed by atoms with van der Waals surface area (Å²) in [6.45, 7) is 2.92. The molecule has 0 spiro atoms. The molecule has 0 heterocycles. The van der Waals surface area contributed by atoms with E-state index >= 15 is 0 Å². The van der Waals surface area contributed by atoms with Crippen LogP contribution in [-0.2, 0) is 6.42 Å². The maximum absolute atomic E-state index is 11.5. The molecule has 0 saturated carbocycles. The van der Waals surface area contributed by atoms with Crippen LogP contribution in [0.15, 0.2) is 83.8 Å². The summed E-state index contributed by atoms with van der Waals surface area (Å²) in [7, 11) is 1.66. The number of methoxy groups -OCH3 is 1. The highest BCUT2D eigenvalue weighted by molar-refractivity contribution is 7.97. The van der Waals surface area contributed by atoms with Crippen molar-refractivity contribution >= 4 is 17.6 Å². The summed E-state index contributed by atoms with van der Waals surface area (Å²) in [6, 6.07) is 25.3. The van der Waals surface area contributed by atoms with Crippen molar-refractivity contribution < 1.29 is 9.66 Å². The predicted molar refractivity (Wildman–Crippen MR) is 122 cm³/mol. The number of benzene rings is 3. The quantitative estimate of drug-likeness (QED) is 0.218. The number of hydrogen-bond donors (Lipinski definition) is 0. The van der Waals surface area contributed by atoms with Crippen LogP contribution in [-0.4, -0.2) is 22.9 Å². The van der Waals surface area contributed by atoms with Crippen molar-refractivity contribution in [2.75, 3.05) is 13.7 Å². The molecule has 3 rings (SSSR count). The zero-order valence-electron chi connectivity index (χ0n) is 17.2. The Morgan fingerprint density at radius 3 is 2.50 bits per heavy atom. The summed E-state index contributed by atoms with van der Waals surface area (Å²) in [5.41, 5.74) is 2.54. The molecule has 0 aliphatic carbocycles. The first-order valence-corrected chi connectivity index (χ1v) is 10.7. The predicted octanol–water partition coefficient (Wildman–Crippen LogP) is 6.31. The molecule has 0 radical (unpaired) electrons. The van der Waals surface area contributed by atoms with Crippen molar-refractivity contribution in [2.24, 2.45) is 0 Å². The Labute approximate surface area is 182 Å². The Kier molecular flexibility index (Phi) is 7.88. The minimum Gasteiger partial charge on any atom is -0.497 e. The van der Waals surface area contributed by atoms with Crippen molar-refractivity contribution in [1.82, 2.24) is 4.31 Å². The van der Waals surface area contributed by atoms with Crippen LogP contribution < -0.4 is 4.74 Å². The molecule has 0 unspecified atom stereocenters. The van der Waals surface area contributed by atoms with Gasteiger partial charge in [-0.25, -0.2) is 4.31 Å². The van der Waals surface area contributed by atoms with Crippen LogP contribution in [0.1, 0.15) is 30.5 Å². The molecule has 3 aromatic carbocycles. The molecular formula is C24H26N2O3S. The number of para-hydroxylation sites is 1. The second kappa shape index (κ2) is 10.8. The van der Waals surface area contributed by atoms with Gasteiger partial charge in [-0.15, -0.1) is 0 Å². The first kappa shape index (κ1) is 21.9. The fraction of sp³-hybridized carbons (Fsp3) is 0.250. The molecule has 156 valence electrons. The topological polar surface area (TPSA) is 55.6 Å². The van der Waals surface area contributed by atoms with Crippen molar-refractivity contribution in [3.8, 4) is 5.75 Å². The van der Waals surface area contributed by atoms with Gasteiger partial charge in [-0.2, -0.15) is 0 Å². The van der Waals surface area contributed by atoms with Gasteiger partial charge < -0.3 is 4.74 Å². The summed E-state index contributed by atoms with van der Waals surface area (Å²) in [5.74, 6) is 0.805. The number of nitro groups is 1. The first-order chi connectivity index (χ1) is 14.6. The van der Waals surface area contributed by atoms with Gasteiger partial charge in [0.1, 0.15) is 10.6 Å². The standard InChI is InChI=1S/C24H26N2O3S/c1-19(21-13-8-14-22(18-21)29-2)25(17-9-12-20-10-4-3-5-11-20)30-24-16-7-6-15-23(24)26(27)28/h3-8,10-11,13-16,18-19H,9,12,17H2,1-2H3/t19-/m1/s1. The van der Waals surface area contributed by atoms with Crippen molar-refractivity contribution in [3.63, 3.8) is 0 Å². The molecule has 6 heteroatoms. The minimum absolute atomic E-state index is 0.0562. The Balaban J connectivity index is 1.81. The molecule has 3 aromatic rings. The van der Waals surface area contributed by atoms with Gasteiger partial charge in [0.15, 0.2) is 0 Å². The Morgan fingerprint density at radius 1 is 1.03 bits per heavy atom. The summed E-state index contributed by atoms with van der Waals surface area (Å²) in [6.07, 6.45) is 1.91. The number of nitro benzene ring substituents is 1. The zero-order chi connectivity index (χ0) is 21.3. The molecule has 5 nitrogen and oxygen atoms in total. The van der Waals surface area contributed by atoms with Crippen molar-refractivity contribution in [1.29, 1.82) is 0 Å². The van der Waals surface area contributed by atoms with E-state index in [2.05, 4.69) is 29.4 Å². The largest absolute Gasteiger partial charge is 0.497 e. The van der Waals surface area contributed by atoms with Gasteiger partial charge in [-0.3, -0.25) is 10.1 Å². The SMILES string of the molecule is COc1cccc([C@@H](C)N(CCCc2ccccc2)Sc2ccccc2[N+](=O)[O-])c1. The Bertz CT molecular complexity index is 965. The number of ether oxygens (including phenoxy) is 1. The van der Waals surface area contributed by atoms with Crippen LogP contribution in [0.4, 0.5) is 5.69 Å². The van der Waals surface area contributed by atoms with Gasteiger partial charge in [-0.05, 0) is 61.0 Å². The lowest BCUT2D eigenvalue weighted by molar-refractivity contribution is -0.387. The minimum atomic E-state index is -0.319. The van der Waals surface area contributed by atoms with E-state index in [1.54, 1.807) is 19.2 Å². The third kappa shape index (κ3) is 5.84. The maximum atomic E-state index is 11.5. The van der Waals surface area contributed by atoms with E-state index in [1.165, 1.54) is 17.5 Å². The normalized spacial score (nSPS) is 12.0. The molecule has 0 fully saturated rings. The summed E-state index contributed by atoms with van der Waals surface area (Å²) in [5, 5.41) is 11.5. The van der Waals surface area contributed by atoms with E-state index in [0.717, 1.165) is 30.7 Å². The van der Waals surface area contributed by atoms with E-state index in [-0.39, 0.29) is 16.7 Å². The second-order valence-electron chi connectivity index (χ2n) is 7.00. The Hall–Kier alpha value is -2.83. The molecule has 0 aromatic heterocycles. The van der Waals surface area contributed by atoms with Crippen LogP contribution in [0.2, 0.25) is 0 Å². The highest BCUT2D eigenvalue weighted by Gasteiger charge is 2.22. The third-order valence-corrected chi connectivity index (χ3v) is 6.25. The molecule has 0 aliphatic heterocycles.